The number of rotatable bonds is 14. The van der Waals surface area contributed by atoms with E-state index in [-0.39, 0.29) is 5.92 Å². The van der Waals surface area contributed by atoms with Crippen molar-refractivity contribution in [3.05, 3.63) is 0 Å². The molecule has 0 bridgehead atoms. The third-order valence-corrected chi connectivity index (χ3v) is 3.83. The fourth-order valence-electron chi connectivity index (χ4n) is 2.31. The van der Waals surface area contributed by atoms with E-state index in [1.54, 1.807) is 7.11 Å². The molecular formula is C17H34O2. The lowest BCUT2D eigenvalue weighted by Crippen LogP contribution is -2.12. The Balaban J connectivity index is 3.27. The summed E-state index contributed by atoms with van der Waals surface area (Å²) < 4.78 is 5.01. The molecule has 0 N–H and O–H groups in total. The minimum absolute atomic E-state index is 0.175. The maximum absolute atomic E-state index is 11.8. The van der Waals surface area contributed by atoms with Gasteiger partial charge in [0.15, 0.2) is 0 Å². The van der Waals surface area contributed by atoms with Crippen molar-refractivity contribution in [2.45, 2.75) is 84.5 Å². The lowest BCUT2D eigenvalue weighted by molar-refractivity contribution is -0.123. The highest BCUT2D eigenvalue weighted by Crippen LogP contribution is 2.13. The summed E-state index contributed by atoms with van der Waals surface area (Å²) >= 11 is 0. The second-order valence-electron chi connectivity index (χ2n) is 5.73. The van der Waals surface area contributed by atoms with Gasteiger partial charge in [0, 0.05) is 26.1 Å². The van der Waals surface area contributed by atoms with E-state index in [0.717, 1.165) is 19.3 Å². The average molecular weight is 270 g/mol. The molecule has 0 rings (SSSR count). The van der Waals surface area contributed by atoms with E-state index < -0.39 is 0 Å². The lowest BCUT2D eigenvalue weighted by atomic mass is 9.97. The molecule has 0 saturated carbocycles. The predicted octanol–water partition coefficient (Wildman–Crippen LogP) is 5.15. The molecule has 0 spiro atoms. The van der Waals surface area contributed by atoms with Gasteiger partial charge in [-0.05, 0) is 12.8 Å². The maximum atomic E-state index is 11.8. The van der Waals surface area contributed by atoms with Crippen LogP contribution in [-0.4, -0.2) is 19.5 Å². The van der Waals surface area contributed by atoms with Crippen molar-refractivity contribution in [2.24, 2.45) is 5.92 Å². The second kappa shape index (κ2) is 14.0. The SMILES string of the molecule is CCCCCCCCCCCC(=O)C(C)CCOC. The molecule has 0 heterocycles. The zero-order chi connectivity index (χ0) is 14.3. The zero-order valence-electron chi connectivity index (χ0n) is 13.4. The van der Waals surface area contributed by atoms with Crippen LogP contribution in [-0.2, 0) is 9.53 Å². The van der Waals surface area contributed by atoms with Crippen LogP contribution in [0.5, 0.6) is 0 Å². The number of carbonyl (C=O) groups is 1. The number of hydrogen-bond donors (Lipinski definition) is 0. The van der Waals surface area contributed by atoms with E-state index in [9.17, 15) is 4.79 Å². The number of Topliss-reactive ketones (excluding diaryl/α,β-unsaturated/α-hetero) is 1. The lowest BCUT2D eigenvalue weighted by Gasteiger charge is -2.09. The van der Waals surface area contributed by atoms with Crippen molar-refractivity contribution in [1.82, 2.24) is 0 Å². The number of unbranched alkanes of at least 4 members (excludes halogenated alkanes) is 8. The van der Waals surface area contributed by atoms with Crippen LogP contribution in [0.3, 0.4) is 0 Å². The molecule has 0 aliphatic carbocycles. The van der Waals surface area contributed by atoms with Crippen LogP contribution in [0.4, 0.5) is 0 Å². The summed E-state index contributed by atoms with van der Waals surface area (Å²) in [5.41, 5.74) is 0. The van der Waals surface area contributed by atoms with E-state index in [0.29, 0.717) is 12.4 Å². The van der Waals surface area contributed by atoms with Gasteiger partial charge in [0.2, 0.25) is 0 Å². The minimum Gasteiger partial charge on any atom is -0.385 e. The highest BCUT2D eigenvalue weighted by molar-refractivity contribution is 5.80. The van der Waals surface area contributed by atoms with Crippen molar-refractivity contribution >= 4 is 5.78 Å². The zero-order valence-corrected chi connectivity index (χ0v) is 13.4. The first kappa shape index (κ1) is 18.6. The van der Waals surface area contributed by atoms with Gasteiger partial charge in [-0.25, -0.2) is 0 Å². The normalized spacial score (nSPS) is 12.6. The third kappa shape index (κ3) is 12.4. The molecule has 0 saturated heterocycles. The molecule has 0 amide bonds. The van der Waals surface area contributed by atoms with Gasteiger partial charge in [0.1, 0.15) is 5.78 Å². The largest absolute Gasteiger partial charge is 0.385 e. The Morgan fingerprint density at radius 3 is 2.00 bits per heavy atom. The van der Waals surface area contributed by atoms with Crippen LogP contribution in [0, 0.1) is 5.92 Å². The fraction of sp³-hybridized carbons (Fsp3) is 0.941. The first-order valence-electron chi connectivity index (χ1n) is 8.24. The number of carbonyl (C=O) groups excluding carboxylic acids is 1. The predicted molar refractivity (Wildman–Crippen MR) is 82.5 cm³/mol. The summed E-state index contributed by atoms with van der Waals surface area (Å²) in [6.07, 6.45) is 13.4. The molecule has 0 aromatic rings. The van der Waals surface area contributed by atoms with Crippen LogP contribution in [0.15, 0.2) is 0 Å². The van der Waals surface area contributed by atoms with Gasteiger partial charge in [-0.2, -0.15) is 0 Å². The van der Waals surface area contributed by atoms with E-state index in [1.807, 2.05) is 6.92 Å². The van der Waals surface area contributed by atoms with Crippen molar-refractivity contribution in [3.8, 4) is 0 Å². The molecule has 0 aromatic carbocycles. The van der Waals surface area contributed by atoms with Gasteiger partial charge in [-0.15, -0.1) is 0 Å². The second-order valence-corrected chi connectivity index (χ2v) is 5.73. The molecule has 0 radical (unpaired) electrons. The molecule has 2 heteroatoms. The van der Waals surface area contributed by atoms with Crippen LogP contribution >= 0.6 is 0 Å². The highest BCUT2D eigenvalue weighted by Gasteiger charge is 2.11. The van der Waals surface area contributed by atoms with Crippen molar-refractivity contribution in [2.75, 3.05) is 13.7 Å². The van der Waals surface area contributed by atoms with E-state index in [2.05, 4.69) is 6.92 Å². The Hall–Kier alpha value is -0.370. The number of hydrogen-bond acceptors (Lipinski definition) is 2. The quantitative estimate of drug-likeness (QED) is 0.408. The molecular weight excluding hydrogens is 236 g/mol. The van der Waals surface area contributed by atoms with Crippen LogP contribution in [0.1, 0.15) is 84.5 Å². The maximum Gasteiger partial charge on any atom is 0.135 e. The smallest absolute Gasteiger partial charge is 0.135 e. The van der Waals surface area contributed by atoms with Crippen molar-refractivity contribution in [1.29, 1.82) is 0 Å². The molecule has 2 nitrogen and oxygen atoms in total. The van der Waals surface area contributed by atoms with Gasteiger partial charge in [0.05, 0.1) is 0 Å². The van der Waals surface area contributed by atoms with E-state index in [4.69, 9.17) is 4.74 Å². The average Bonchev–Trinajstić information content (AvgIpc) is 2.42. The number of methoxy groups -OCH3 is 1. The van der Waals surface area contributed by atoms with Gasteiger partial charge in [-0.3, -0.25) is 4.79 Å². The van der Waals surface area contributed by atoms with Gasteiger partial charge in [0.25, 0.3) is 0 Å². The molecule has 114 valence electrons. The summed E-state index contributed by atoms with van der Waals surface area (Å²) in [4.78, 5) is 11.8. The standard InChI is InChI=1S/C17H34O2/c1-4-5-6-7-8-9-10-11-12-13-17(18)16(2)14-15-19-3/h16H,4-15H2,1-3H3. The fourth-order valence-corrected chi connectivity index (χ4v) is 2.31. The molecule has 19 heavy (non-hydrogen) atoms. The molecule has 0 aromatic heterocycles. The Morgan fingerprint density at radius 2 is 1.47 bits per heavy atom. The number of ether oxygens (including phenoxy) is 1. The molecule has 1 atom stereocenters. The van der Waals surface area contributed by atoms with Crippen LogP contribution in [0.25, 0.3) is 0 Å². The molecule has 1 unspecified atom stereocenters. The summed E-state index contributed by atoms with van der Waals surface area (Å²) in [6, 6.07) is 0. The first-order chi connectivity index (χ1) is 9.22. The monoisotopic (exact) mass is 270 g/mol. The highest BCUT2D eigenvalue weighted by atomic mass is 16.5. The Labute approximate surface area is 120 Å². The first-order valence-corrected chi connectivity index (χ1v) is 8.24. The van der Waals surface area contributed by atoms with E-state index in [1.165, 1.54) is 51.4 Å². The van der Waals surface area contributed by atoms with Crippen molar-refractivity contribution in [3.63, 3.8) is 0 Å². The third-order valence-electron chi connectivity index (χ3n) is 3.83. The minimum atomic E-state index is 0.175. The van der Waals surface area contributed by atoms with E-state index >= 15 is 0 Å². The Morgan fingerprint density at radius 1 is 0.947 bits per heavy atom. The summed E-state index contributed by atoms with van der Waals surface area (Å²) in [5.74, 6) is 0.592. The molecule has 0 fully saturated rings. The van der Waals surface area contributed by atoms with Crippen LogP contribution in [0.2, 0.25) is 0 Å². The topological polar surface area (TPSA) is 26.3 Å². The van der Waals surface area contributed by atoms with Gasteiger partial charge < -0.3 is 4.74 Å². The summed E-state index contributed by atoms with van der Waals surface area (Å²) in [6.45, 7) is 4.98. The molecule has 0 aliphatic rings. The summed E-state index contributed by atoms with van der Waals surface area (Å²) in [7, 11) is 1.69. The molecule has 0 aliphatic heterocycles. The van der Waals surface area contributed by atoms with Crippen molar-refractivity contribution < 1.29 is 9.53 Å². The Kier molecular flexibility index (Phi) is 13.8. The number of ketones is 1. The summed E-state index contributed by atoms with van der Waals surface area (Å²) in [5, 5.41) is 0. The van der Waals surface area contributed by atoms with Gasteiger partial charge in [-0.1, -0.05) is 65.2 Å². The van der Waals surface area contributed by atoms with Crippen LogP contribution < -0.4 is 0 Å². The Bertz CT molecular complexity index is 201. The van der Waals surface area contributed by atoms with Gasteiger partial charge >= 0.3 is 0 Å².